The van der Waals surface area contributed by atoms with Crippen molar-refractivity contribution in [3.8, 4) is 0 Å². The van der Waals surface area contributed by atoms with Crippen LogP contribution in [0.3, 0.4) is 0 Å². The molecule has 1 saturated heterocycles. The van der Waals surface area contributed by atoms with Crippen LogP contribution in [-0.4, -0.2) is 39.1 Å². The molecular weight excluding hydrogens is 236 g/mol. The summed E-state index contributed by atoms with van der Waals surface area (Å²) in [4.78, 5) is 7.44. The third-order valence-corrected chi connectivity index (χ3v) is 4.63. The second kappa shape index (κ2) is 5.25. The normalized spacial score (nSPS) is 28.0. The smallest absolute Gasteiger partial charge is 0.110 e. The van der Waals surface area contributed by atoms with E-state index in [-0.39, 0.29) is 0 Å². The number of rotatable bonds is 3. The summed E-state index contributed by atoms with van der Waals surface area (Å²) in [5.41, 5.74) is 7.29. The summed E-state index contributed by atoms with van der Waals surface area (Å²) in [5, 5.41) is 0. The van der Waals surface area contributed by atoms with E-state index in [1.54, 1.807) is 0 Å². The Kier molecular flexibility index (Phi) is 3.63. The molecule has 0 aliphatic carbocycles. The van der Waals surface area contributed by atoms with E-state index in [9.17, 15) is 0 Å². The van der Waals surface area contributed by atoms with Gasteiger partial charge in [-0.1, -0.05) is 0 Å². The summed E-state index contributed by atoms with van der Waals surface area (Å²) in [6, 6.07) is 1.64. The highest BCUT2D eigenvalue weighted by molar-refractivity contribution is 5.10. The van der Waals surface area contributed by atoms with Crippen molar-refractivity contribution >= 4 is 0 Å². The molecule has 2 atom stereocenters. The van der Waals surface area contributed by atoms with E-state index >= 15 is 0 Å². The van der Waals surface area contributed by atoms with Crippen LogP contribution < -0.4 is 5.73 Å². The van der Waals surface area contributed by atoms with Gasteiger partial charge in [0.1, 0.15) is 5.82 Å². The van der Waals surface area contributed by atoms with Gasteiger partial charge in [0.25, 0.3) is 0 Å². The number of hydrogen-bond donors (Lipinski definition) is 1. The molecule has 0 bridgehead atoms. The van der Waals surface area contributed by atoms with Gasteiger partial charge in [-0.2, -0.15) is 0 Å². The number of fused-ring (bicyclic) bond motifs is 1. The van der Waals surface area contributed by atoms with Crippen LogP contribution in [0.2, 0.25) is 0 Å². The lowest BCUT2D eigenvalue weighted by molar-refractivity contribution is 0.202. The summed E-state index contributed by atoms with van der Waals surface area (Å²) in [7, 11) is 0. The van der Waals surface area contributed by atoms with Gasteiger partial charge in [-0.25, -0.2) is 4.98 Å². The van der Waals surface area contributed by atoms with Gasteiger partial charge in [0.2, 0.25) is 0 Å². The first kappa shape index (κ1) is 13.1. The van der Waals surface area contributed by atoms with Crippen LogP contribution in [0.1, 0.15) is 44.6 Å². The predicted octanol–water partition coefficient (Wildman–Crippen LogP) is 1.57. The quantitative estimate of drug-likeness (QED) is 0.899. The number of imidazole rings is 1. The lowest BCUT2D eigenvalue weighted by atomic mass is 10.1. The summed E-state index contributed by atoms with van der Waals surface area (Å²) >= 11 is 0. The number of aryl methyl sites for hydroxylation is 1. The van der Waals surface area contributed by atoms with Crippen molar-refractivity contribution in [2.24, 2.45) is 5.73 Å². The van der Waals surface area contributed by atoms with Crippen molar-refractivity contribution in [2.75, 3.05) is 6.54 Å². The lowest BCUT2D eigenvalue weighted by Gasteiger charge is -2.27. The van der Waals surface area contributed by atoms with E-state index in [0.717, 1.165) is 25.8 Å². The topological polar surface area (TPSA) is 47.1 Å². The standard InChI is InChI=1S/C15H26N4/c1-11(2)19-6-3-4-14(19)9-13-10-18-7-5-12(16)8-15(18)17-13/h10-12,14H,3-9,16H2,1-2H3. The van der Waals surface area contributed by atoms with Crippen molar-refractivity contribution in [1.82, 2.24) is 14.5 Å². The molecule has 2 unspecified atom stereocenters. The Morgan fingerprint density at radius 2 is 2.21 bits per heavy atom. The first-order valence-corrected chi connectivity index (χ1v) is 7.69. The van der Waals surface area contributed by atoms with Gasteiger partial charge in [-0.15, -0.1) is 0 Å². The third-order valence-electron chi connectivity index (χ3n) is 4.63. The van der Waals surface area contributed by atoms with E-state index < -0.39 is 0 Å². The molecule has 2 N–H and O–H groups in total. The third kappa shape index (κ3) is 2.70. The molecule has 0 saturated carbocycles. The fourth-order valence-electron chi connectivity index (χ4n) is 3.61. The molecule has 1 fully saturated rings. The molecule has 2 aliphatic rings. The van der Waals surface area contributed by atoms with Gasteiger partial charge in [0.05, 0.1) is 5.69 Å². The molecular formula is C15H26N4. The molecule has 1 aromatic heterocycles. The Hall–Kier alpha value is -0.870. The summed E-state index contributed by atoms with van der Waals surface area (Å²) < 4.78 is 2.31. The van der Waals surface area contributed by atoms with Crippen molar-refractivity contribution in [3.63, 3.8) is 0 Å². The molecule has 3 heterocycles. The Labute approximate surface area is 116 Å². The van der Waals surface area contributed by atoms with E-state index in [1.807, 2.05) is 0 Å². The molecule has 4 nitrogen and oxygen atoms in total. The summed E-state index contributed by atoms with van der Waals surface area (Å²) in [6.07, 6.45) is 8.05. The van der Waals surface area contributed by atoms with E-state index in [1.165, 1.54) is 30.9 Å². The maximum atomic E-state index is 6.02. The molecule has 1 aromatic rings. The van der Waals surface area contributed by atoms with Gasteiger partial charge in [0, 0.05) is 43.7 Å². The van der Waals surface area contributed by atoms with Crippen LogP contribution in [0.15, 0.2) is 6.20 Å². The minimum absolute atomic E-state index is 0.307. The average molecular weight is 262 g/mol. The van der Waals surface area contributed by atoms with Crippen LogP contribution in [-0.2, 0) is 19.4 Å². The number of aromatic nitrogens is 2. The molecule has 4 heteroatoms. The second-order valence-electron chi connectivity index (χ2n) is 6.43. The summed E-state index contributed by atoms with van der Waals surface area (Å²) in [5.74, 6) is 1.20. The van der Waals surface area contributed by atoms with Crippen LogP contribution in [0.4, 0.5) is 0 Å². The van der Waals surface area contributed by atoms with Crippen molar-refractivity contribution in [3.05, 3.63) is 17.7 Å². The number of nitrogens with two attached hydrogens (primary N) is 1. The molecule has 19 heavy (non-hydrogen) atoms. The number of likely N-dealkylation sites (tertiary alicyclic amines) is 1. The second-order valence-corrected chi connectivity index (χ2v) is 6.43. The minimum Gasteiger partial charge on any atom is -0.335 e. The maximum Gasteiger partial charge on any atom is 0.110 e. The SMILES string of the molecule is CC(C)N1CCCC1Cc1cn2c(n1)CC(N)CC2. The Morgan fingerprint density at radius 3 is 3.00 bits per heavy atom. The Bertz CT molecular complexity index is 437. The lowest BCUT2D eigenvalue weighted by Crippen LogP contribution is -2.36. The zero-order chi connectivity index (χ0) is 13.4. The maximum absolute atomic E-state index is 6.02. The van der Waals surface area contributed by atoms with Crippen LogP contribution in [0, 0.1) is 0 Å². The fourth-order valence-corrected chi connectivity index (χ4v) is 3.61. The van der Waals surface area contributed by atoms with E-state index in [0.29, 0.717) is 18.1 Å². The highest BCUT2D eigenvalue weighted by atomic mass is 15.2. The number of hydrogen-bond acceptors (Lipinski definition) is 3. The van der Waals surface area contributed by atoms with Crippen molar-refractivity contribution in [1.29, 1.82) is 0 Å². The van der Waals surface area contributed by atoms with E-state index in [4.69, 9.17) is 10.7 Å². The molecule has 0 spiro atoms. The van der Waals surface area contributed by atoms with Crippen LogP contribution in [0.25, 0.3) is 0 Å². The van der Waals surface area contributed by atoms with Gasteiger partial charge in [-0.05, 0) is 39.7 Å². The van der Waals surface area contributed by atoms with Gasteiger partial charge < -0.3 is 10.3 Å². The van der Waals surface area contributed by atoms with Crippen LogP contribution in [0.5, 0.6) is 0 Å². The van der Waals surface area contributed by atoms with Gasteiger partial charge in [0.15, 0.2) is 0 Å². The zero-order valence-electron chi connectivity index (χ0n) is 12.2. The van der Waals surface area contributed by atoms with Gasteiger partial charge >= 0.3 is 0 Å². The highest BCUT2D eigenvalue weighted by Crippen LogP contribution is 2.24. The minimum atomic E-state index is 0.307. The molecule has 0 radical (unpaired) electrons. The first-order valence-electron chi connectivity index (χ1n) is 7.69. The molecule has 0 amide bonds. The van der Waals surface area contributed by atoms with Gasteiger partial charge in [-0.3, -0.25) is 4.90 Å². The Morgan fingerprint density at radius 1 is 1.37 bits per heavy atom. The zero-order valence-corrected chi connectivity index (χ0v) is 12.2. The number of nitrogens with zero attached hydrogens (tertiary/aromatic N) is 3. The van der Waals surface area contributed by atoms with E-state index in [2.05, 4.69) is 29.5 Å². The molecule has 3 rings (SSSR count). The highest BCUT2D eigenvalue weighted by Gasteiger charge is 2.28. The fraction of sp³-hybridized carbons (Fsp3) is 0.800. The molecule has 106 valence electrons. The Balaban J connectivity index is 1.70. The summed E-state index contributed by atoms with van der Waals surface area (Å²) in [6.45, 7) is 6.90. The predicted molar refractivity (Wildman–Crippen MR) is 77.1 cm³/mol. The van der Waals surface area contributed by atoms with Crippen molar-refractivity contribution in [2.45, 2.75) is 70.6 Å². The van der Waals surface area contributed by atoms with Crippen LogP contribution >= 0.6 is 0 Å². The average Bonchev–Trinajstić information content (AvgIpc) is 2.95. The molecule has 2 aliphatic heterocycles. The largest absolute Gasteiger partial charge is 0.335 e. The monoisotopic (exact) mass is 262 g/mol. The van der Waals surface area contributed by atoms with Crippen molar-refractivity contribution < 1.29 is 0 Å². The molecule has 0 aromatic carbocycles. The first-order chi connectivity index (χ1) is 9.13.